The van der Waals surface area contributed by atoms with E-state index in [2.05, 4.69) is 15.1 Å². The molecule has 2 bridgehead atoms. The first-order chi connectivity index (χ1) is 23.8. The van der Waals surface area contributed by atoms with E-state index in [-0.39, 0.29) is 70.6 Å². The van der Waals surface area contributed by atoms with Crippen molar-refractivity contribution in [3.63, 3.8) is 0 Å². The lowest BCUT2D eigenvalue weighted by atomic mass is 9.94. The van der Waals surface area contributed by atoms with Crippen molar-refractivity contribution in [2.24, 2.45) is 17.3 Å². The topological polar surface area (TPSA) is 116 Å². The van der Waals surface area contributed by atoms with E-state index in [1.165, 1.54) is 18.6 Å². The van der Waals surface area contributed by atoms with Crippen LogP contribution in [-0.4, -0.2) is 93.7 Å². The molecule has 10 nitrogen and oxygen atoms in total. The van der Waals surface area contributed by atoms with Gasteiger partial charge in [0.05, 0.1) is 19.3 Å². The molecule has 2 aromatic carbocycles. The molecule has 4 aromatic rings. The maximum Gasteiger partial charge on any atom is 0.319 e. The Morgan fingerprint density at radius 2 is 1.98 bits per heavy atom. The van der Waals surface area contributed by atoms with Crippen molar-refractivity contribution in [1.29, 1.82) is 0 Å². The van der Waals surface area contributed by atoms with Gasteiger partial charge in [0.2, 0.25) is 5.88 Å². The third-order valence-corrected chi connectivity index (χ3v) is 12.3. The fraction of sp³-hybridized carbons (Fsp3) is 0.541. The molecule has 0 spiro atoms. The fourth-order valence-electron chi connectivity index (χ4n) is 9.46. The third kappa shape index (κ3) is 4.70. The summed E-state index contributed by atoms with van der Waals surface area (Å²) in [7, 11) is 0. The zero-order valence-electron chi connectivity index (χ0n) is 27.5. The molecule has 2 aliphatic carbocycles. The average Bonchev–Trinajstić information content (AvgIpc) is 3.99. The molecule has 12 heteroatoms. The predicted molar refractivity (Wildman–Crippen MR) is 179 cm³/mol. The average molecular weight is 671 g/mol. The van der Waals surface area contributed by atoms with Gasteiger partial charge in [0, 0.05) is 48.7 Å². The van der Waals surface area contributed by atoms with E-state index < -0.39 is 11.6 Å². The molecule has 6 heterocycles. The van der Waals surface area contributed by atoms with E-state index in [9.17, 15) is 10.2 Å². The number of nitrogens with one attached hydrogen (secondary N) is 1. The Balaban J connectivity index is 1.09. The number of piperazine rings is 1. The minimum Gasteiger partial charge on any atom is -0.508 e. The standard InChI is InChI=1S/C37H40F2N6O4/c1-2-22-25(38)5-3-18-9-21(47)11-24(29(18)22)32-31(39)33-30-34(45-13-20-4-6-26(40-20)28(45)15-48-35(30)41-32)43-36(42-33)49-17-37(7-8-37)16-44-12-19-10-23(19)27(44)14-46/h3,5,9,11,19-20,23,26-28,40,46-47H,2,4,6-8,10,12-17H2,1H3/t19-,20-,23-,26+,27-,28+/m0/s1. The number of benzene rings is 2. The van der Waals surface area contributed by atoms with E-state index in [1.54, 1.807) is 12.1 Å². The molecule has 2 saturated carbocycles. The number of piperidine rings is 1. The number of aromatic hydroxyl groups is 1. The summed E-state index contributed by atoms with van der Waals surface area (Å²) < 4.78 is 45.1. The summed E-state index contributed by atoms with van der Waals surface area (Å²) in [6.07, 6.45) is 5.67. The number of ether oxygens (including phenoxy) is 2. The van der Waals surface area contributed by atoms with Gasteiger partial charge >= 0.3 is 6.01 Å². The predicted octanol–water partition coefficient (Wildman–Crippen LogP) is 4.56. The van der Waals surface area contributed by atoms with Crippen molar-refractivity contribution < 1.29 is 28.5 Å². The number of fused-ring (bicyclic) bond motifs is 7. The van der Waals surface area contributed by atoms with Crippen LogP contribution in [0.25, 0.3) is 32.9 Å². The van der Waals surface area contributed by atoms with Crippen LogP contribution in [0.5, 0.6) is 17.6 Å². The summed E-state index contributed by atoms with van der Waals surface area (Å²) in [5.41, 5.74) is 0.600. The number of likely N-dealkylation sites (tertiary alicyclic amines) is 1. The summed E-state index contributed by atoms with van der Waals surface area (Å²) in [6.45, 7) is 5.33. The molecule has 0 amide bonds. The summed E-state index contributed by atoms with van der Waals surface area (Å²) >= 11 is 0. The Kier molecular flexibility index (Phi) is 6.62. The highest BCUT2D eigenvalue weighted by molar-refractivity contribution is 6.03. The van der Waals surface area contributed by atoms with E-state index in [0.29, 0.717) is 65.6 Å². The Morgan fingerprint density at radius 3 is 2.80 bits per heavy atom. The Bertz CT molecular complexity index is 2030. The van der Waals surface area contributed by atoms with Crippen LogP contribution >= 0.6 is 0 Å². The monoisotopic (exact) mass is 670 g/mol. The molecule has 5 fully saturated rings. The normalized spacial score (nSPS) is 29.1. The number of hydrogen-bond acceptors (Lipinski definition) is 10. The number of phenolic OH excluding ortho intramolecular Hbond substituents is 1. The van der Waals surface area contributed by atoms with Gasteiger partial charge in [0.1, 0.15) is 40.6 Å². The first kappa shape index (κ1) is 30.0. The fourth-order valence-corrected chi connectivity index (χ4v) is 9.46. The number of aryl methyl sites for hydroxylation is 1. The van der Waals surface area contributed by atoms with E-state index in [1.807, 2.05) is 6.92 Å². The van der Waals surface area contributed by atoms with Crippen molar-refractivity contribution in [2.45, 2.75) is 69.6 Å². The molecule has 10 rings (SSSR count). The van der Waals surface area contributed by atoms with Gasteiger partial charge in [-0.15, -0.1) is 0 Å². The van der Waals surface area contributed by atoms with Crippen molar-refractivity contribution in [2.75, 3.05) is 44.4 Å². The zero-order chi connectivity index (χ0) is 33.2. The maximum atomic E-state index is 17.2. The molecule has 0 radical (unpaired) electrons. The summed E-state index contributed by atoms with van der Waals surface area (Å²) in [5, 5.41) is 26.0. The van der Waals surface area contributed by atoms with E-state index in [4.69, 9.17) is 24.4 Å². The van der Waals surface area contributed by atoms with Crippen LogP contribution in [0.4, 0.5) is 14.6 Å². The second-order valence-corrected chi connectivity index (χ2v) is 15.3. The second-order valence-electron chi connectivity index (χ2n) is 15.3. The quantitative estimate of drug-likeness (QED) is 0.246. The Morgan fingerprint density at radius 1 is 1.10 bits per heavy atom. The number of aliphatic hydroxyl groups excluding tert-OH is 1. The number of rotatable bonds is 8. The van der Waals surface area contributed by atoms with Gasteiger partial charge in [-0.3, -0.25) is 4.90 Å². The maximum absolute atomic E-state index is 17.2. The lowest BCUT2D eigenvalue weighted by Crippen LogP contribution is -2.60. The summed E-state index contributed by atoms with van der Waals surface area (Å²) in [4.78, 5) is 19.1. The van der Waals surface area contributed by atoms with Gasteiger partial charge in [-0.2, -0.15) is 9.97 Å². The first-order valence-corrected chi connectivity index (χ1v) is 17.8. The van der Waals surface area contributed by atoms with Crippen molar-refractivity contribution in [1.82, 2.24) is 25.2 Å². The minimum absolute atomic E-state index is 0.0299. The van der Waals surface area contributed by atoms with Gasteiger partial charge in [0.25, 0.3) is 0 Å². The van der Waals surface area contributed by atoms with Crippen LogP contribution in [0.1, 0.15) is 44.6 Å². The van der Waals surface area contributed by atoms with Crippen LogP contribution in [0.15, 0.2) is 24.3 Å². The highest BCUT2D eigenvalue weighted by atomic mass is 19.1. The van der Waals surface area contributed by atoms with Gasteiger partial charge in [-0.05, 0) is 84.9 Å². The molecule has 4 aliphatic heterocycles. The number of halogens is 2. The molecule has 49 heavy (non-hydrogen) atoms. The molecular formula is C37H40F2N6O4. The molecule has 6 aliphatic rings. The number of anilines is 1. The molecule has 3 saturated heterocycles. The van der Waals surface area contributed by atoms with Crippen LogP contribution < -0.4 is 19.7 Å². The molecule has 256 valence electrons. The van der Waals surface area contributed by atoms with Gasteiger partial charge in [0.15, 0.2) is 5.82 Å². The molecule has 3 N–H and O–H groups in total. The Labute approximate surface area is 282 Å². The number of aromatic nitrogens is 3. The molecule has 2 aromatic heterocycles. The molecule has 0 unspecified atom stereocenters. The lowest BCUT2D eigenvalue weighted by Gasteiger charge is -2.40. The van der Waals surface area contributed by atoms with Crippen molar-refractivity contribution in [3.05, 3.63) is 41.5 Å². The second kappa shape index (κ2) is 10.8. The highest BCUT2D eigenvalue weighted by Gasteiger charge is 2.55. The van der Waals surface area contributed by atoms with E-state index in [0.717, 1.165) is 38.8 Å². The van der Waals surface area contributed by atoms with Crippen molar-refractivity contribution >= 4 is 27.5 Å². The SMILES string of the molecule is CCc1c(F)ccc2cc(O)cc(-c3nc4c5c(nc(OCC6(CN7C[C@@H]8C[C@@H]8[C@@H]7CO)CC6)nc5c3F)N3C[C@@H]5CC[C@@H](N5)[C@H]3CO4)c12. The van der Waals surface area contributed by atoms with Crippen LogP contribution in [0.3, 0.4) is 0 Å². The van der Waals surface area contributed by atoms with Crippen molar-refractivity contribution in [3.8, 4) is 28.9 Å². The minimum atomic E-state index is -0.700. The zero-order valence-corrected chi connectivity index (χ0v) is 27.5. The summed E-state index contributed by atoms with van der Waals surface area (Å²) in [5.74, 6) is 0.902. The Hall–Kier alpha value is -3.87. The molecular weight excluding hydrogens is 630 g/mol. The highest BCUT2D eigenvalue weighted by Crippen LogP contribution is 2.54. The van der Waals surface area contributed by atoms with Crippen LogP contribution in [0.2, 0.25) is 0 Å². The number of hydrogen-bond donors (Lipinski definition) is 3. The van der Waals surface area contributed by atoms with Gasteiger partial charge in [-0.25, -0.2) is 13.8 Å². The molecule has 6 atom stereocenters. The summed E-state index contributed by atoms with van der Waals surface area (Å²) in [6, 6.07) is 6.71. The van der Waals surface area contributed by atoms with E-state index >= 15 is 8.78 Å². The number of aliphatic hydroxyl groups is 1. The number of pyridine rings is 1. The smallest absolute Gasteiger partial charge is 0.319 e. The lowest BCUT2D eigenvalue weighted by molar-refractivity contribution is 0.0966. The van der Waals surface area contributed by atoms with Gasteiger partial charge in [-0.1, -0.05) is 13.0 Å². The largest absolute Gasteiger partial charge is 0.508 e. The van der Waals surface area contributed by atoms with Crippen LogP contribution in [-0.2, 0) is 6.42 Å². The third-order valence-electron chi connectivity index (χ3n) is 12.3. The number of nitrogens with zero attached hydrogens (tertiary/aromatic N) is 5. The van der Waals surface area contributed by atoms with Crippen LogP contribution in [0, 0.1) is 28.9 Å². The first-order valence-electron chi connectivity index (χ1n) is 17.8. The van der Waals surface area contributed by atoms with Gasteiger partial charge < -0.3 is 29.9 Å². The number of phenols is 1.